The van der Waals surface area contributed by atoms with Crippen LogP contribution in [0.15, 0.2) is 6.07 Å². The number of hydrogen-bond donors (Lipinski definition) is 1. The molecule has 0 saturated heterocycles. The highest BCUT2D eigenvalue weighted by atomic mass is 16.3. The molecule has 0 radical (unpaired) electrons. The third-order valence-electron chi connectivity index (χ3n) is 4.18. The molecule has 1 aliphatic rings. The van der Waals surface area contributed by atoms with Gasteiger partial charge in [0.15, 0.2) is 0 Å². The van der Waals surface area contributed by atoms with Crippen LogP contribution in [0.1, 0.15) is 43.0 Å². The van der Waals surface area contributed by atoms with Crippen molar-refractivity contribution in [3.8, 4) is 5.75 Å². The van der Waals surface area contributed by atoms with Gasteiger partial charge in [0.2, 0.25) is 0 Å². The largest absolute Gasteiger partial charge is 0.507 e. The average molecular weight is 204 g/mol. The maximum absolute atomic E-state index is 10.1. The predicted octanol–water partition coefficient (Wildman–Crippen LogP) is 3.48. The molecule has 1 unspecified atom stereocenters. The monoisotopic (exact) mass is 204 g/mol. The van der Waals surface area contributed by atoms with Crippen molar-refractivity contribution in [3.05, 3.63) is 28.3 Å². The Bertz CT molecular complexity index is 416. The lowest BCUT2D eigenvalue weighted by Crippen LogP contribution is -2.22. The summed E-state index contributed by atoms with van der Waals surface area (Å²) in [4.78, 5) is 0. The standard InChI is InChI=1S/C14H20O/c1-8-6-9(2)13(15)11-7-10(3)14(4,5)12(8)11/h6,10,15H,7H2,1-5H3. The molecule has 0 saturated carbocycles. The lowest BCUT2D eigenvalue weighted by atomic mass is 9.78. The van der Waals surface area contributed by atoms with Crippen LogP contribution in [-0.2, 0) is 11.8 Å². The molecule has 0 spiro atoms. The number of fused-ring (bicyclic) bond motifs is 1. The van der Waals surface area contributed by atoms with E-state index in [0.29, 0.717) is 11.7 Å². The van der Waals surface area contributed by atoms with Gasteiger partial charge in [0.1, 0.15) is 5.75 Å². The molecule has 0 bridgehead atoms. The molecule has 1 N–H and O–H groups in total. The highest BCUT2D eigenvalue weighted by Crippen LogP contribution is 2.48. The van der Waals surface area contributed by atoms with Crippen LogP contribution in [-0.4, -0.2) is 5.11 Å². The van der Waals surface area contributed by atoms with Gasteiger partial charge in [-0.25, -0.2) is 0 Å². The van der Waals surface area contributed by atoms with E-state index in [0.717, 1.165) is 12.0 Å². The first-order valence-corrected chi connectivity index (χ1v) is 5.68. The van der Waals surface area contributed by atoms with E-state index in [1.807, 2.05) is 6.92 Å². The van der Waals surface area contributed by atoms with Crippen molar-refractivity contribution >= 4 is 0 Å². The first-order chi connectivity index (χ1) is 6.85. The van der Waals surface area contributed by atoms with Gasteiger partial charge >= 0.3 is 0 Å². The minimum absolute atomic E-state index is 0.199. The summed E-state index contributed by atoms with van der Waals surface area (Å²) < 4.78 is 0. The van der Waals surface area contributed by atoms with Gasteiger partial charge in [-0.2, -0.15) is 0 Å². The number of benzene rings is 1. The quantitative estimate of drug-likeness (QED) is 0.686. The number of phenolic OH excluding ortho intramolecular Hbond substituents is 1. The highest BCUT2D eigenvalue weighted by Gasteiger charge is 2.39. The molecule has 1 atom stereocenters. The van der Waals surface area contributed by atoms with Gasteiger partial charge in [-0.15, -0.1) is 0 Å². The molecule has 0 fully saturated rings. The summed E-state index contributed by atoms with van der Waals surface area (Å²) in [5.41, 5.74) is 5.10. The van der Waals surface area contributed by atoms with Crippen molar-refractivity contribution in [1.82, 2.24) is 0 Å². The number of hydrogen-bond acceptors (Lipinski definition) is 1. The van der Waals surface area contributed by atoms with Crippen LogP contribution in [0.3, 0.4) is 0 Å². The third kappa shape index (κ3) is 1.29. The second kappa shape index (κ2) is 3.01. The van der Waals surface area contributed by atoms with Crippen LogP contribution in [0.2, 0.25) is 0 Å². The van der Waals surface area contributed by atoms with E-state index >= 15 is 0 Å². The van der Waals surface area contributed by atoms with Crippen LogP contribution < -0.4 is 0 Å². The number of phenols is 1. The average Bonchev–Trinajstić information content (AvgIpc) is 2.35. The lowest BCUT2D eigenvalue weighted by Gasteiger charge is -2.26. The number of aromatic hydroxyl groups is 1. The fraction of sp³-hybridized carbons (Fsp3) is 0.571. The lowest BCUT2D eigenvalue weighted by molar-refractivity contribution is 0.377. The van der Waals surface area contributed by atoms with E-state index in [2.05, 4.69) is 33.8 Å². The molecule has 1 heteroatoms. The van der Waals surface area contributed by atoms with Crippen molar-refractivity contribution in [2.45, 2.75) is 46.5 Å². The minimum Gasteiger partial charge on any atom is -0.507 e. The summed E-state index contributed by atoms with van der Waals surface area (Å²) in [6.45, 7) is 11.0. The fourth-order valence-corrected chi connectivity index (χ4v) is 2.96. The van der Waals surface area contributed by atoms with Gasteiger partial charge in [-0.3, -0.25) is 0 Å². The molecular formula is C14H20O. The van der Waals surface area contributed by atoms with Gasteiger partial charge in [0.05, 0.1) is 0 Å². The van der Waals surface area contributed by atoms with Crippen molar-refractivity contribution in [1.29, 1.82) is 0 Å². The maximum atomic E-state index is 10.1. The highest BCUT2D eigenvalue weighted by molar-refractivity contribution is 5.55. The summed E-state index contributed by atoms with van der Waals surface area (Å²) >= 11 is 0. The molecule has 2 rings (SSSR count). The Morgan fingerprint density at radius 3 is 2.47 bits per heavy atom. The zero-order chi connectivity index (χ0) is 11.4. The molecule has 0 amide bonds. The third-order valence-corrected chi connectivity index (χ3v) is 4.18. The summed E-state index contributed by atoms with van der Waals surface area (Å²) in [6.07, 6.45) is 1.01. The Balaban J connectivity index is 2.74. The van der Waals surface area contributed by atoms with E-state index in [4.69, 9.17) is 0 Å². The molecule has 1 aliphatic carbocycles. The molecule has 0 heterocycles. The zero-order valence-corrected chi connectivity index (χ0v) is 10.3. The van der Waals surface area contributed by atoms with Crippen molar-refractivity contribution in [3.63, 3.8) is 0 Å². The molecule has 0 aliphatic heterocycles. The Morgan fingerprint density at radius 2 is 1.87 bits per heavy atom. The Kier molecular flexibility index (Phi) is 2.11. The molecule has 0 aromatic heterocycles. The van der Waals surface area contributed by atoms with E-state index in [9.17, 15) is 5.11 Å². The van der Waals surface area contributed by atoms with E-state index in [1.54, 1.807) is 0 Å². The fourth-order valence-electron chi connectivity index (χ4n) is 2.96. The Hall–Kier alpha value is -0.980. The summed E-state index contributed by atoms with van der Waals surface area (Å²) in [5.74, 6) is 1.13. The van der Waals surface area contributed by atoms with Crippen molar-refractivity contribution < 1.29 is 5.11 Å². The summed E-state index contributed by atoms with van der Waals surface area (Å²) in [6, 6.07) is 2.11. The molecule has 1 aromatic carbocycles. The van der Waals surface area contributed by atoms with Crippen LogP contribution >= 0.6 is 0 Å². The van der Waals surface area contributed by atoms with Crippen LogP contribution in [0, 0.1) is 19.8 Å². The van der Waals surface area contributed by atoms with Gasteiger partial charge < -0.3 is 5.11 Å². The van der Waals surface area contributed by atoms with Crippen LogP contribution in [0.4, 0.5) is 0 Å². The first kappa shape index (κ1) is 10.5. The number of rotatable bonds is 0. The molecule has 1 nitrogen and oxygen atoms in total. The molecule has 15 heavy (non-hydrogen) atoms. The molecule has 82 valence electrons. The van der Waals surface area contributed by atoms with Gasteiger partial charge in [0.25, 0.3) is 0 Å². The topological polar surface area (TPSA) is 20.2 Å². The second-order valence-electron chi connectivity index (χ2n) is 5.54. The molecular weight excluding hydrogens is 184 g/mol. The van der Waals surface area contributed by atoms with E-state index < -0.39 is 0 Å². The van der Waals surface area contributed by atoms with Crippen LogP contribution in [0.5, 0.6) is 5.75 Å². The zero-order valence-electron chi connectivity index (χ0n) is 10.3. The van der Waals surface area contributed by atoms with Crippen LogP contribution in [0.25, 0.3) is 0 Å². The maximum Gasteiger partial charge on any atom is 0.121 e. The molecule has 1 aromatic rings. The Labute approximate surface area is 92.1 Å². The van der Waals surface area contributed by atoms with Gasteiger partial charge in [-0.1, -0.05) is 26.8 Å². The smallest absolute Gasteiger partial charge is 0.121 e. The second-order valence-corrected chi connectivity index (χ2v) is 5.54. The van der Waals surface area contributed by atoms with Gasteiger partial charge in [0, 0.05) is 0 Å². The first-order valence-electron chi connectivity index (χ1n) is 5.68. The summed E-state index contributed by atoms with van der Waals surface area (Å²) in [7, 11) is 0. The van der Waals surface area contributed by atoms with Gasteiger partial charge in [-0.05, 0) is 53.9 Å². The van der Waals surface area contributed by atoms with E-state index in [1.165, 1.54) is 16.7 Å². The normalized spacial score (nSPS) is 22.9. The van der Waals surface area contributed by atoms with E-state index in [-0.39, 0.29) is 5.41 Å². The SMILES string of the molecule is Cc1cc(C)c2c(c1O)CC(C)C2(C)C. The van der Waals surface area contributed by atoms with Crippen molar-refractivity contribution in [2.75, 3.05) is 0 Å². The minimum atomic E-state index is 0.199. The predicted molar refractivity (Wildman–Crippen MR) is 63.5 cm³/mol. The summed E-state index contributed by atoms with van der Waals surface area (Å²) in [5, 5.41) is 10.1. The number of aryl methyl sites for hydroxylation is 2. The Morgan fingerprint density at radius 1 is 1.27 bits per heavy atom. The van der Waals surface area contributed by atoms with Crippen molar-refractivity contribution in [2.24, 2.45) is 5.92 Å².